The van der Waals surface area contributed by atoms with Gasteiger partial charge in [-0.2, -0.15) is 0 Å². The maximum Gasteiger partial charge on any atom is 0.338 e. The second-order valence-corrected chi connectivity index (χ2v) is 5.47. The fraction of sp³-hybridized carbons (Fsp3) is 0.500. The topological polar surface area (TPSA) is 83.8 Å². The van der Waals surface area contributed by atoms with Crippen LogP contribution in [0.3, 0.4) is 0 Å². The molecule has 114 valence electrons. The molecular weight excluding hydrogens is 272 g/mol. The lowest BCUT2D eigenvalue weighted by molar-refractivity contribution is 0.0272. The lowest BCUT2D eigenvalue weighted by Gasteiger charge is -2.29. The van der Waals surface area contributed by atoms with Crippen LogP contribution in [-0.4, -0.2) is 35.4 Å². The molecule has 0 aliphatic heterocycles. The van der Waals surface area contributed by atoms with Crippen LogP contribution in [0.5, 0.6) is 0 Å². The van der Waals surface area contributed by atoms with Gasteiger partial charge in [-0.25, -0.2) is 9.59 Å². The lowest BCUT2D eigenvalue weighted by atomic mass is 9.80. The minimum atomic E-state index is -1.03. The van der Waals surface area contributed by atoms with Crippen LogP contribution in [0.2, 0.25) is 0 Å². The standard InChI is InChI=1S/C16H20O5/c17-9-13-3-1-2-4-14(13)10-21-16(20)12-7-5-11(6-8-12)15(18)19/h5-8,13-14,17H,1-4,9-10H2,(H,18,19). The summed E-state index contributed by atoms with van der Waals surface area (Å²) in [5.74, 6) is -1.05. The molecule has 0 radical (unpaired) electrons. The minimum Gasteiger partial charge on any atom is -0.478 e. The first-order valence-electron chi connectivity index (χ1n) is 7.23. The first kappa shape index (κ1) is 15.5. The van der Waals surface area contributed by atoms with Gasteiger partial charge in [0.05, 0.1) is 17.7 Å². The number of carbonyl (C=O) groups is 2. The summed E-state index contributed by atoms with van der Waals surface area (Å²) in [5, 5.41) is 18.1. The molecule has 2 unspecified atom stereocenters. The van der Waals surface area contributed by atoms with Gasteiger partial charge in [-0.15, -0.1) is 0 Å². The van der Waals surface area contributed by atoms with Crippen LogP contribution in [0.4, 0.5) is 0 Å². The highest BCUT2D eigenvalue weighted by molar-refractivity contribution is 5.92. The number of carbonyl (C=O) groups excluding carboxylic acids is 1. The molecule has 0 aromatic heterocycles. The van der Waals surface area contributed by atoms with Gasteiger partial charge < -0.3 is 14.9 Å². The number of ether oxygens (including phenoxy) is 1. The van der Waals surface area contributed by atoms with Crippen molar-refractivity contribution in [1.82, 2.24) is 0 Å². The number of benzene rings is 1. The van der Waals surface area contributed by atoms with E-state index in [-0.39, 0.29) is 24.0 Å². The fourth-order valence-corrected chi connectivity index (χ4v) is 2.76. The summed E-state index contributed by atoms with van der Waals surface area (Å²) >= 11 is 0. The summed E-state index contributed by atoms with van der Waals surface area (Å²) in [6.07, 6.45) is 4.17. The molecular formula is C16H20O5. The molecule has 2 N–H and O–H groups in total. The Bertz CT molecular complexity index is 494. The number of aliphatic hydroxyl groups excluding tert-OH is 1. The smallest absolute Gasteiger partial charge is 0.338 e. The van der Waals surface area contributed by atoms with E-state index in [2.05, 4.69) is 0 Å². The van der Waals surface area contributed by atoms with Crippen molar-refractivity contribution in [2.75, 3.05) is 13.2 Å². The number of rotatable bonds is 5. The molecule has 5 nitrogen and oxygen atoms in total. The number of aliphatic hydroxyl groups is 1. The van der Waals surface area contributed by atoms with Crippen molar-refractivity contribution in [3.05, 3.63) is 35.4 Å². The third-order valence-corrected chi connectivity index (χ3v) is 4.10. The van der Waals surface area contributed by atoms with Crippen molar-refractivity contribution in [2.24, 2.45) is 11.8 Å². The van der Waals surface area contributed by atoms with Crippen molar-refractivity contribution in [2.45, 2.75) is 25.7 Å². The highest BCUT2D eigenvalue weighted by Gasteiger charge is 2.25. The molecule has 2 rings (SSSR count). The third-order valence-electron chi connectivity index (χ3n) is 4.10. The quantitative estimate of drug-likeness (QED) is 0.814. The van der Waals surface area contributed by atoms with Crippen molar-refractivity contribution in [3.8, 4) is 0 Å². The average Bonchev–Trinajstić information content (AvgIpc) is 2.52. The van der Waals surface area contributed by atoms with Crippen LogP contribution >= 0.6 is 0 Å². The molecule has 0 bridgehead atoms. The van der Waals surface area contributed by atoms with Crippen molar-refractivity contribution < 1.29 is 24.5 Å². The number of carboxylic acids is 1. The van der Waals surface area contributed by atoms with E-state index in [4.69, 9.17) is 9.84 Å². The van der Waals surface area contributed by atoms with Crippen molar-refractivity contribution in [3.63, 3.8) is 0 Å². The van der Waals surface area contributed by atoms with Crippen LogP contribution in [-0.2, 0) is 4.74 Å². The van der Waals surface area contributed by atoms with Gasteiger partial charge in [-0.05, 0) is 48.9 Å². The third kappa shape index (κ3) is 4.04. The molecule has 0 amide bonds. The summed E-state index contributed by atoms with van der Waals surface area (Å²) in [4.78, 5) is 22.7. The Morgan fingerprint density at radius 3 is 2.19 bits per heavy atom. The van der Waals surface area contributed by atoms with Gasteiger partial charge in [0.25, 0.3) is 0 Å². The fourth-order valence-electron chi connectivity index (χ4n) is 2.76. The molecule has 0 heterocycles. The maximum atomic E-state index is 11.9. The summed E-state index contributed by atoms with van der Waals surface area (Å²) in [6.45, 7) is 0.445. The molecule has 2 atom stereocenters. The Labute approximate surface area is 123 Å². The van der Waals surface area contributed by atoms with E-state index >= 15 is 0 Å². The average molecular weight is 292 g/mol. The lowest BCUT2D eigenvalue weighted by Crippen LogP contribution is -2.27. The second kappa shape index (κ2) is 7.22. The molecule has 1 aromatic carbocycles. The summed E-state index contributed by atoms with van der Waals surface area (Å²) in [7, 11) is 0. The van der Waals surface area contributed by atoms with E-state index in [0.29, 0.717) is 12.2 Å². The molecule has 1 aliphatic carbocycles. The molecule has 1 aliphatic rings. The number of carboxylic acid groups (broad SMARTS) is 1. The second-order valence-electron chi connectivity index (χ2n) is 5.47. The highest BCUT2D eigenvalue weighted by Crippen LogP contribution is 2.30. The number of hydrogen-bond donors (Lipinski definition) is 2. The summed E-state index contributed by atoms with van der Waals surface area (Å²) < 4.78 is 5.30. The monoisotopic (exact) mass is 292 g/mol. The molecule has 1 aromatic rings. The van der Waals surface area contributed by atoms with Crippen LogP contribution in [0.1, 0.15) is 46.4 Å². The van der Waals surface area contributed by atoms with E-state index in [1.807, 2.05) is 0 Å². The van der Waals surface area contributed by atoms with E-state index < -0.39 is 11.9 Å². The zero-order chi connectivity index (χ0) is 15.2. The largest absolute Gasteiger partial charge is 0.478 e. The normalized spacial score (nSPS) is 21.8. The van der Waals surface area contributed by atoms with Gasteiger partial charge >= 0.3 is 11.9 Å². The van der Waals surface area contributed by atoms with Crippen LogP contribution in [0.15, 0.2) is 24.3 Å². The van der Waals surface area contributed by atoms with Crippen molar-refractivity contribution >= 4 is 11.9 Å². The first-order valence-corrected chi connectivity index (χ1v) is 7.23. The minimum absolute atomic E-state index is 0.134. The number of hydrogen-bond acceptors (Lipinski definition) is 4. The van der Waals surface area contributed by atoms with E-state index in [0.717, 1.165) is 25.7 Å². The van der Waals surface area contributed by atoms with Crippen LogP contribution < -0.4 is 0 Å². The van der Waals surface area contributed by atoms with Gasteiger partial charge in [0.2, 0.25) is 0 Å². The van der Waals surface area contributed by atoms with E-state index in [1.54, 1.807) is 0 Å². The van der Waals surface area contributed by atoms with Crippen LogP contribution in [0, 0.1) is 11.8 Å². The van der Waals surface area contributed by atoms with Gasteiger partial charge in [0.15, 0.2) is 0 Å². The van der Waals surface area contributed by atoms with Gasteiger partial charge in [-0.1, -0.05) is 12.8 Å². The summed E-state index contributed by atoms with van der Waals surface area (Å²) in [6, 6.07) is 5.68. The molecule has 21 heavy (non-hydrogen) atoms. The Balaban J connectivity index is 1.90. The Hall–Kier alpha value is -1.88. The Morgan fingerprint density at radius 2 is 1.62 bits per heavy atom. The van der Waals surface area contributed by atoms with Gasteiger partial charge in [0, 0.05) is 6.61 Å². The predicted molar refractivity (Wildman–Crippen MR) is 76.2 cm³/mol. The van der Waals surface area contributed by atoms with Crippen LogP contribution in [0.25, 0.3) is 0 Å². The highest BCUT2D eigenvalue weighted by atomic mass is 16.5. The summed E-state index contributed by atoms with van der Waals surface area (Å²) in [5.41, 5.74) is 0.482. The van der Waals surface area contributed by atoms with Gasteiger partial charge in [-0.3, -0.25) is 0 Å². The van der Waals surface area contributed by atoms with Crippen molar-refractivity contribution in [1.29, 1.82) is 0 Å². The zero-order valence-corrected chi connectivity index (χ0v) is 11.8. The Kier molecular flexibility index (Phi) is 5.33. The Morgan fingerprint density at radius 1 is 1.05 bits per heavy atom. The van der Waals surface area contributed by atoms with Gasteiger partial charge in [0.1, 0.15) is 0 Å². The predicted octanol–water partition coefficient (Wildman–Crippen LogP) is 2.34. The van der Waals surface area contributed by atoms with E-state index in [1.165, 1.54) is 24.3 Å². The SMILES string of the molecule is O=C(O)c1ccc(C(=O)OCC2CCCCC2CO)cc1. The molecule has 1 saturated carbocycles. The first-order chi connectivity index (χ1) is 10.1. The molecule has 1 fully saturated rings. The number of aromatic carboxylic acids is 1. The molecule has 0 saturated heterocycles. The maximum absolute atomic E-state index is 11.9. The van der Waals surface area contributed by atoms with E-state index in [9.17, 15) is 14.7 Å². The molecule has 5 heteroatoms. The zero-order valence-electron chi connectivity index (χ0n) is 11.8. The number of esters is 1. The molecule has 0 spiro atoms.